The van der Waals surface area contributed by atoms with Crippen LogP contribution in [0.1, 0.15) is 11.1 Å². The SMILES string of the molecule is COc1cccc(CN2CCN(C(=O)COc3cccc(C)c3)CC2)c1OC. The lowest BCUT2D eigenvalue weighted by molar-refractivity contribution is -0.135. The Labute approximate surface area is 166 Å². The highest BCUT2D eigenvalue weighted by atomic mass is 16.5. The molecule has 0 saturated carbocycles. The summed E-state index contributed by atoms with van der Waals surface area (Å²) >= 11 is 0. The number of piperazine rings is 1. The number of methoxy groups -OCH3 is 2. The van der Waals surface area contributed by atoms with Gasteiger partial charge in [-0.2, -0.15) is 0 Å². The smallest absolute Gasteiger partial charge is 0.260 e. The molecule has 0 spiro atoms. The Hall–Kier alpha value is -2.73. The lowest BCUT2D eigenvalue weighted by atomic mass is 10.1. The standard InChI is InChI=1S/C22H28N2O4/c1-17-6-4-8-19(14-17)28-16-21(25)24-12-10-23(11-13-24)15-18-7-5-9-20(26-2)22(18)27-3/h4-9,14H,10-13,15-16H2,1-3H3. The molecule has 1 fully saturated rings. The predicted octanol–water partition coefficient (Wildman–Crippen LogP) is 2.74. The molecular weight excluding hydrogens is 356 g/mol. The topological polar surface area (TPSA) is 51.2 Å². The first-order chi connectivity index (χ1) is 13.6. The van der Waals surface area contributed by atoms with Crippen molar-refractivity contribution in [2.45, 2.75) is 13.5 Å². The van der Waals surface area contributed by atoms with Crippen molar-refractivity contribution >= 4 is 5.91 Å². The van der Waals surface area contributed by atoms with Gasteiger partial charge >= 0.3 is 0 Å². The summed E-state index contributed by atoms with van der Waals surface area (Å²) in [5.41, 5.74) is 2.20. The molecule has 1 saturated heterocycles. The molecule has 2 aromatic rings. The number of aryl methyl sites for hydroxylation is 1. The predicted molar refractivity (Wildman–Crippen MR) is 108 cm³/mol. The van der Waals surface area contributed by atoms with Crippen molar-refractivity contribution in [2.75, 3.05) is 47.0 Å². The zero-order valence-corrected chi connectivity index (χ0v) is 16.8. The second-order valence-electron chi connectivity index (χ2n) is 6.91. The molecule has 150 valence electrons. The highest BCUT2D eigenvalue weighted by Crippen LogP contribution is 2.31. The quantitative estimate of drug-likeness (QED) is 0.735. The molecule has 0 aliphatic carbocycles. The van der Waals surface area contributed by atoms with Crippen LogP contribution in [0.5, 0.6) is 17.2 Å². The Morgan fingerprint density at radius 2 is 1.75 bits per heavy atom. The second-order valence-corrected chi connectivity index (χ2v) is 6.91. The van der Waals surface area contributed by atoms with E-state index in [4.69, 9.17) is 14.2 Å². The van der Waals surface area contributed by atoms with E-state index in [1.54, 1.807) is 14.2 Å². The van der Waals surface area contributed by atoms with Crippen molar-refractivity contribution in [1.82, 2.24) is 9.80 Å². The third-order valence-corrected chi connectivity index (χ3v) is 4.96. The van der Waals surface area contributed by atoms with Gasteiger partial charge in [-0.15, -0.1) is 0 Å². The molecule has 0 bridgehead atoms. The number of amides is 1. The van der Waals surface area contributed by atoms with Crippen molar-refractivity contribution < 1.29 is 19.0 Å². The number of para-hydroxylation sites is 1. The van der Waals surface area contributed by atoms with Crippen LogP contribution in [0.15, 0.2) is 42.5 Å². The van der Waals surface area contributed by atoms with Crippen LogP contribution in [0.25, 0.3) is 0 Å². The van der Waals surface area contributed by atoms with Crippen LogP contribution in [0, 0.1) is 6.92 Å². The monoisotopic (exact) mass is 384 g/mol. The third kappa shape index (κ3) is 4.95. The summed E-state index contributed by atoms with van der Waals surface area (Å²) in [7, 11) is 3.30. The van der Waals surface area contributed by atoms with Gasteiger partial charge in [-0.05, 0) is 30.7 Å². The first-order valence-corrected chi connectivity index (χ1v) is 9.50. The lowest BCUT2D eigenvalue weighted by Crippen LogP contribution is -2.49. The van der Waals surface area contributed by atoms with Crippen LogP contribution in [0.2, 0.25) is 0 Å². The minimum Gasteiger partial charge on any atom is -0.493 e. The molecule has 0 N–H and O–H groups in total. The van der Waals surface area contributed by atoms with Crippen molar-refractivity contribution in [2.24, 2.45) is 0 Å². The molecule has 6 nitrogen and oxygen atoms in total. The largest absolute Gasteiger partial charge is 0.493 e. The molecule has 1 amide bonds. The van der Waals surface area contributed by atoms with Gasteiger partial charge in [-0.3, -0.25) is 9.69 Å². The van der Waals surface area contributed by atoms with Gasteiger partial charge in [0.2, 0.25) is 0 Å². The summed E-state index contributed by atoms with van der Waals surface area (Å²) in [5, 5.41) is 0. The maximum Gasteiger partial charge on any atom is 0.260 e. The summed E-state index contributed by atoms with van der Waals surface area (Å²) in [5.74, 6) is 2.27. The highest BCUT2D eigenvalue weighted by Gasteiger charge is 2.22. The van der Waals surface area contributed by atoms with Crippen molar-refractivity contribution in [3.8, 4) is 17.2 Å². The number of rotatable bonds is 7. The van der Waals surface area contributed by atoms with E-state index in [1.807, 2.05) is 48.2 Å². The van der Waals surface area contributed by atoms with E-state index < -0.39 is 0 Å². The number of benzene rings is 2. The van der Waals surface area contributed by atoms with E-state index in [9.17, 15) is 4.79 Å². The van der Waals surface area contributed by atoms with E-state index >= 15 is 0 Å². The van der Waals surface area contributed by atoms with Crippen LogP contribution in [-0.4, -0.2) is 62.7 Å². The highest BCUT2D eigenvalue weighted by molar-refractivity contribution is 5.77. The Morgan fingerprint density at radius 1 is 1.00 bits per heavy atom. The number of ether oxygens (including phenoxy) is 3. The van der Waals surface area contributed by atoms with E-state index in [0.29, 0.717) is 13.1 Å². The van der Waals surface area contributed by atoms with Gasteiger partial charge in [0.25, 0.3) is 5.91 Å². The second kappa shape index (κ2) is 9.46. The number of hydrogen-bond donors (Lipinski definition) is 0. The van der Waals surface area contributed by atoms with E-state index in [-0.39, 0.29) is 12.5 Å². The van der Waals surface area contributed by atoms with Crippen molar-refractivity contribution in [3.63, 3.8) is 0 Å². The molecule has 0 aromatic heterocycles. The molecule has 28 heavy (non-hydrogen) atoms. The summed E-state index contributed by atoms with van der Waals surface area (Å²) in [6.45, 7) is 5.87. The van der Waals surface area contributed by atoms with E-state index in [2.05, 4.69) is 11.0 Å². The fourth-order valence-corrected chi connectivity index (χ4v) is 3.42. The maximum absolute atomic E-state index is 12.5. The molecule has 6 heteroatoms. The van der Waals surface area contributed by atoms with E-state index in [1.165, 1.54) is 0 Å². The van der Waals surface area contributed by atoms with Gasteiger partial charge < -0.3 is 19.1 Å². The van der Waals surface area contributed by atoms with Gasteiger partial charge in [0.1, 0.15) is 5.75 Å². The van der Waals surface area contributed by atoms with Gasteiger partial charge in [-0.25, -0.2) is 0 Å². The number of carbonyl (C=O) groups excluding carboxylic acids is 1. The fourth-order valence-electron chi connectivity index (χ4n) is 3.42. The van der Waals surface area contributed by atoms with Gasteiger partial charge in [0.15, 0.2) is 18.1 Å². The first-order valence-electron chi connectivity index (χ1n) is 9.50. The summed E-state index contributed by atoms with van der Waals surface area (Å²) < 4.78 is 16.5. The molecule has 1 heterocycles. The molecule has 1 aliphatic rings. The van der Waals surface area contributed by atoms with Crippen molar-refractivity contribution in [1.29, 1.82) is 0 Å². The van der Waals surface area contributed by atoms with Gasteiger partial charge in [-0.1, -0.05) is 24.3 Å². The third-order valence-electron chi connectivity index (χ3n) is 4.96. The number of carbonyl (C=O) groups is 1. The zero-order chi connectivity index (χ0) is 19.9. The molecule has 1 aliphatic heterocycles. The van der Waals surface area contributed by atoms with E-state index in [0.717, 1.165) is 48.0 Å². The molecule has 0 unspecified atom stereocenters. The Bertz CT molecular complexity index is 801. The van der Waals surface area contributed by atoms with Crippen LogP contribution < -0.4 is 14.2 Å². The van der Waals surface area contributed by atoms with Gasteiger partial charge in [0.05, 0.1) is 14.2 Å². The van der Waals surface area contributed by atoms with Crippen LogP contribution >= 0.6 is 0 Å². The maximum atomic E-state index is 12.5. The molecule has 0 atom stereocenters. The normalized spacial score (nSPS) is 14.6. The minimum absolute atomic E-state index is 0.0279. The van der Waals surface area contributed by atoms with Crippen LogP contribution in [-0.2, 0) is 11.3 Å². The molecular formula is C22H28N2O4. The molecule has 0 radical (unpaired) electrons. The Kier molecular flexibility index (Phi) is 6.76. The summed E-state index contributed by atoms with van der Waals surface area (Å²) in [6, 6.07) is 13.7. The lowest BCUT2D eigenvalue weighted by Gasteiger charge is -2.35. The number of hydrogen-bond acceptors (Lipinski definition) is 5. The average molecular weight is 384 g/mol. The number of nitrogens with zero attached hydrogens (tertiary/aromatic N) is 2. The minimum atomic E-state index is 0.0279. The summed E-state index contributed by atoms with van der Waals surface area (Å²) in [4.78, 5) is 16.6. The first kappa shape index (κ1) is 20.0. The van der Waals surface area contributed by atoms with Crippen molar-refractivity contribution in [3.05, 3.63) is 53.6 Å². The summed E-state index contributed by atoms with van der Waals surface area (Å²) in [6.07, 6.45) is 0. The molecule has 2 aromatic carbocycles. The Balaban J connectivity index is 1.50. The zero-order valence-electron chi connectivity index (χ0n) is 16.8. The van der Waals surface area contributed by atoms with Crippen LogP contribution in [0.3, 0.4) is 0 Å². The van der Waals surface area contributed by atoms with Gasteiger partial charge in [0, 0.05) is 38.3 Å². The fraction of sp³-hybridized carbons (Fsp3) is 0.409. The van der Waals surface area contributed by atoms with Crippen LogP contribution in [0.4, 0.5) is 0 Å². The molecule has 3 rings (SSSR count). The Morgan fingerprint density at radius 3 is 2.43 bits per heavy atom. The average Bonchev–Trinajstić information content (AvgIpc) is 2.72.